The molecule has 2 rings (SSSR count). The van der Waals surface area contributed by atoms with Crippen molar-refractivity contribution in [1.29, 1.82) is 0 Å². The van der Waals surface area contributed by atoms with E-state index in [9.17, 15) is 0 Å². The Labute approximate surface area is 127 Å². The number of hydrogen-bond donors (Lipinski definition) is 0. The van der Waals surface area contributed by atoms with Gasteiger partial charge in [-0.2, -0.15) is 0 Å². The average Bonchev–Trinajstić information content (AvgIpc) is 2.36. The maximum Gasteiger partial charge on any atom is 0.137 e. The Kier molecular flexibility index (Phi) is 4.55. The molecule has 1 fully saturated rings. The number of likely N-dealkylation sites (N-methyl/N-ethyl adjacent to an activating group) is 2. The Balaban J connectivity index is 2.25. The topological polar surface area (TPSA) is 32.3 Å². The molecular formula is C15H25ClN4. The van der Waals surface area contributed by atoms with Gasteiger partial charge in [0.1, 0.15) is 16.8 Å². The summed E-state index contributed by atoms with van der Waals surface area (Å²) in [5.74, 6) is 1.78. The summed E-state index contributed by atoms with van der Waals surface area (Å²) in [5, 5.41) is 0.575. The molecule has 0 bridgehead atoms. The lowest BCUT2D eigenvalue weighted by Gasteiger charge is -2.49. The van der Waals surface area contributed by atoms with Gasteiger partial charge in [-0.15, -0.1) is 0 Å². The third-order valence-electron chi connectivity index (χ3n) is 4.55. The van der Waals surface area contributed by atoms with E-state index >= 15 is 0 Å². The molecule has 1 aromatic heterocycles. The largest absolute Gasteiger partial charge is 0.357 e. The van der Waals surface area contributed by atoms with Crippen LogP contribution in [0.15, 0.2) is 0 Å². The molecule has 5 heteroatoms. The van der Waals surface area contributed by atoms with Crippen LogP contribution in [0.2, 0.25) is 5.15 Å². The highest BCUT2D eigenvalue weighted by Crippen LogP contribution is 2.37. The Morgan fingerprint density at radius 2 is 1.85 bits per heavy atom. The highest BCUT2D eigenvalue weighted by molar-refractivity contribution is 6.30. The summed E-state index contributed by atoms with van der Waals surface area (Å²) < 4.78 is 0. The van der Waals surface area contributed by atoms with Crippen molar-refractivity contribution in [2.75, 3.05) is 32.6 Å². The standard InChI is InChI=1S/C15H25ClN4/c1-6-12-17-13(16)11(2)14(18-12)20(5)10-15(19(3)4)8-7-9-15/h6-10H2,1-5H3. The fourth-order valence-corrected chi connectivity index (χ4v) is 3.08. The van der Waals surface area contributed by atoms with Crippen molar-refractivity contribution in [2.45, 2.75) is 45.1 Å². The van der Waals surface area contributed by atoms with E-state index in [1.54, 1.807) is 0 Å². The number of aromatic nitrogens is 2. The molecule has 1 aliphatic rings. The average molecular weight is 297 g/mol. The molecule has 0 amide bonds. The quantitative estimate of drug-likeness (QED) is 0.782. The van der Waals surface area contributed by atoms with Crippen molar-refractivity contribution in [1.82, 2.24) is 14.9 Å². The minimum Gasteiger partial charge on any atom is -0.357 e. The third kappa shape index (κ3) is 2.77. The molecule has 1 heterocycles. The molecule has 0 radical (unpaired) electrons. The van der Waals surface area contributed by atoms with Crippen LogP contribution >= 0.6 is 11.6 Å². The normalized spacial score (nSPS) is 17.1. The predicted octanol–water partition coefficient (Wildman–Crippen LogP) is 2.92. The van der Waals surface area contributed by atoms with Gasteiger partial charge in [0.2, 0.25) is 0 Å². The SMILES string of the molecule is CCc1nc(Cl)c(C)c(N(C)CC2(N(C)C)CCC2)n1. The van der Waals surface area contributed by atoms with Crippen LogP contribution in [0.5, 0.6) is 0 Å². The lowest BCUT2D eigenvalue weighted by molar-refractivity contribution is 0.0681. The number of halogens is 1. The van der Waals surface area contributed by atoms with Crippen molar-refractivity contribution in [3.8, 4) is 0 Å². The number of rotatable bonds is 5. The van der Waals surface area contributed by atoms with Crippen LogP contribution in [-0.4, -0.2) is 48.1 Å². The Bertz CT molecular complexity index is 483. The number of nitrogens with zero attached hydrogens (tertiary/aromatic N) is 4. The van der Waals surface area contributed by atoms with Gasteiger partial charge in [0.15, 0.2) is 0 Å². The molecule has 0 N–H and O–H groups in total. The molecule has 20 heavy (non-hydrogen) atoms. The lowest BCUT2D eigenvalue weighted by atomic mass is 9.75. The highest BCUT2D eigenvalue weighted by Gasteiger charge is 2.40. The van der Waals surface area contributed by atoms with Crippen LogP contribution in [0.3, 0.4) is 0 Å². The maximum atomic E-state index is 6.24. The summed E-state index contributed by atoms with van der Waals surface area (Å²) in [7, 11) is 6.45. The van der Waals surface area contributed by atoms with Gasteiger partial charge in [-0.1, -0.05) is 18.5 Å². The molecule has 0 atom stereocenters. The molecule has 0 aliphatic heterocycles. The van der Waals surface area contributed by atoms with Crippen molar-refractivity contribution in [2.24, 2.45) is 0 Å². The molecule has 0 aromatic carbocycles. The van der Waals surface area contributed by atoms with Gasteiger partial charge in [0.05, 0.1) is 0 Å². The van der Waals surface area contributed by atoms with Crippen LogP contribution in [-0.2, 0) is 6.42 Å². The number of hydrogen-bond acceptors (Lipinski definition) is 4. The second-order valence-electron chi connectivity index (χ2n) is 6.06. The lowest BCUT2D eigenvalue weighted by Crippen LogP contribution is -2.57. The van der Waals surface area contributed by atoms with Crippen LogP contribution in [0, 0.1) is 6.92 Å². The smallest absolute Gasteiger partial charge is 0.137 e. The van der Waals surface area contributed by atoms with Crippen molar-refractivity contribution >= 4 is 17.4 Å². The van der Waals surface area contributed by atoms with Crippen molar-refractivity contribution < 1.29 is 0 Å². The van der Waals surface area contributed by atoms with E-state index < -0.39 is 0 Å². The molecule has 1 aromatic rings. The van der Waals surface area contributed by atoms with Crippen LogP contribution in [0.4, 0.5) is 5.82 Å². The molecule has 0 saturated heterocycles. The van der Waals surface area contributed by atoms with E-state index in [1.165, 1.54) is 19.3 Å². The van der Waals surface area contributed by atoms with Gasteiger partial charge in [-0.3, -0.25) is 0 Å². The summed E-state index contributed by atoms with van der Waals surface area (Å²) in [6.07, 6.45) is 4.63. The molecule has 1 saturated carbocycles. The molecule has 1 aliphatic carbocycles. The Morgan fingerprint density at radius 1 is 1.20 bits per heavy atom. The van der Waals surface area contributed by atoms with Gasteiger partial charge in [-0.05, 0) is 40.3 Å². The van der Waals surface area contributed by atoms with Crippen LogP contribution in [0.25, 0.3) is 0 Å². The van der Waals surface area contributed by atoms with Gasteiger partial charge < -0.3 is 9.80 Å². The zero-order valence-electron chi connectivity index (χ0n) is 13.2. The molecule has 0 spiro atoms. The second-order valence-corrected chi connectivity index (χ2v) is 6.42. The number of aryl methyl sites for hydroxylation is 1. The maximum absolute atomic E-state index is 6.24. The van der Waals surface area contributed by atoms with Crippen molar-refractivity contribution in [3.63, 3.8) is 0 Å². The van der Waals surface area contributed by atoms with Crippen LogP contribution < -0.4 is 4.90 Å². The van der Waals surface area contributed by atoms with Gasteiger partial charge >= 0.3 is 0 Å². The monoisotopic (exact) mass is 296 g/mol. The van der Waals surface area contributed by atoms with E-state index in [2.05, 4.69) is 47.8 Å². The summed E-state index contributed by atoms with van der Waals surface area (Å²) in [6.45, 7) is 5.03. The third-order valence-corrected chi connectivity index (χ3v) is 4.92. The van der Waals surface area contributed by atoms with E-state index in [-0.39, 0.29) is 5.54 Å². The summed E-state index contributed by atoms with van der Waals surface area (Å²) in [4.78, 5) is 13.6. The minimum absolute atomic E-state index is 0.283. The fourth-order valence-electron chi connectivity index (χ4n) is 2.90. The molecule has 112 valence electrons. The van der Waals surface area contributed by atoms with Crippen LogP contribution in [0.1, 0.15) is 37.6 Å². The summed E-state index contributed by atoms with van der Waals surface area (Å²) >= 11 is 6.24. The van der Waals surface area contributed by atoms with E-state index in [0.29, 0.717) is 5.15 Å². The van der Waals surface area contributed by atoms with Gasteiger partial charge in [-0.25, -0.2) is 9.97 Å². The first-order valence-corrected chi connectivity index (χ1v) is 7.69. The Morgan fingerprint density at radius 3 is 2.30 bits per heavy atom. The highest BCUT2D eigenvalue weighted by atomic mass is 35.5. The van der Waals surface area contributed by atoms with E-state index in [1.807, 2.05) is 6.92 Å². The zero-order valence-corrected chi connectivity index (χ0v) is 14.0. The van der Waals surface area contributed by atoms with Gasteiger partial charge in [0, 0.05) is 31.1 Å². The van der Waals surface area contributed by atoms with Gasteiger partial charge in [0.25, 0.3) is 0 Å². The Hall–Kier alpha value is -0.870. The fraction of sp³-hybridized carbons (Fsp3) is 0.733. The molecule has 4 nitrogen and oxygen atoms in total. The second kappa shape index (κ2) is 5.86. The summed E-state index contributed by atoms with van der Waals surface area (Å²) in [5.41, 5.74) is 1.25. The number of anilines is 1. The minimum atomic E-state index is 0.283. The molecular weight excluding hydrogens is 272 g/mol. The van der Waals surface area contributed by atoms with Crippen molar-refractivity contribution in [3.05, 3.63) is 16.5 Å². The zero-order chi connectivity index (χ0) is 14.9. The van der Waals surface area contributed by atoms with E-state index in [0.717, 1.165) is 30.2 Å². The molecule has 0 unspecified atom stereocenters. The summed E-state index contributed by atoms with van der Waals surface area (Å²) in [6, 6.07) is 0. The first-order chi connectivity index (χ1) is 9.39. The first kappa shape index (κ1) is 15.5. The van der Waals surface area contributed by atoms with E-state index in [4.69, 9.17) is 11.6 Å². The first-order valence-electron chi connectivity index (χ1n) is 7.31. The predicted molar refractivity (Wildman–Crippen MR) is 84.7 cm³/mol.